The van der Waals surface area contributed by atoms with Crippen LogP contribution < -0.4 is 11.1 Å². The summed E-state index contributed by atoms with van der Waals surface area (Å²) in [6.45, 7) is 2.77. The fourth-order valence-corrected chi connectivity index (χ4v) is 3.71. The first-order valence-corrected chi connectivity index (χ1v) is 8.26. The summed E-state index contributed by atoms with van der Waals surface area (Å²) in [4.78, 5) is 4.49. The van der Waals surface area contributed by atoms with E-state index in [4.69, 9.17) is 5.73 Å². The zero-order chi connectivity index (χ0) is 13.2. The van der Waals surface area contributed by atoms with Crippen LogP contribution in [-0.2, 0) is 6.54 Å². The predicted molar refractivity (Wildman–Crippen MR) is 84.0 cm³/mol. The number of thiophene rings is 1. The molecule has 0 aliphatic rings. The number of thiazole rings is 1. The van der Waals surface area contributed by atoms with E-state index in [2.05, 4.69) is 31.5 Å². The molecular formula is C12H12N4S3. The van der Waals surface area contributed by atoms with Crippen LogP contribution in [0.2, 0.25) is 0 Å². The van der Waals surface area contributed by atoms with Gasteiger partial charge < -0.3 is 11.1 Å². The summed E-state index contributed by atoms with van der Waals surface area (Å²) in [6.07, 6.45) is 0. The van der Waals surface area contributed by atoms with E-state index in [-0.39, 0.29) is 0 Å². The molecule has 0 atom stereocenters. The smallest absolute Gasteiger partial charge is 0.148 e. The quantitative estimate of drug-likeness (QED) is 0.769. The van der Waals surface area contributed by atoms with Crippen LogP contribution in [0, 0.1) is 6.92 Å². The van der Waals surface area contributed by atoms with E-state index in [9.17, 15) is 0 Å². The van der Waals surface area contributed by atoms with Crippen molar-refractivity contribution in [3.8, 4) is 11.3 Å². The van der Waals surface area contributed by atoms with Crippen molar-refractivity contribution in [3.63, 3.8) is 0 Å². The number of rotatable bonds is 4. The van der Waals surface area contributed by atoms with Crippen molar-refractivity contribution < 1.29 is 0 Å². The van der Waals surface area contributed by atoms with Gasteiger partial charge in [0.25, 0.3) is 0 Å². The SMILES string of the molecule is Cc1nc(-c2c(N)nsc2NCc2ccsc2)cs1. The highest BCUT2D eigenvalue weighted by Crippen LogP contribution is 2.37. The Labute approximate surface area is 123 Å². The van der Waals surface area contributed by atoms with Crippen LogP contribution >= 0.6 is 34.2 Å². The zero-order valence-electron chi connectivity index (χ0n) is 10.2. The van der Waals surface area contributed by atoms with Gasteiger partial charge in [-0.1, -0.05) is 0 Å². The number of aryl methyl sites for hydroxylation is 1. The van der Waals surface area contributed by atoms with E-state index < -0.39 is 0 Å². The summed E-state index contributed by atoms with van der Waals surface area (Å²) in [7, 11) is 0. The van der Waals surface area contributed by atoms with Crippen LogP contribution in [0.3, 0.4) is 0 Å². The number of nitrogens with zero attached hydrogens (tertiary/aromatic N) is 2. The molecule has 0 aromatic carbocycles. The standard InChI is InChI=1S/C12H12N4S3/c1-7-15-9(6-18-7)10-11(13)16-19-12(10)14-4-8-2-3-17-5-8/h2-3,5-6,14H,4H2,1H3,(H2,13,16). The van der Waals surface area contributed by atoms with E-state index in [0.29, 0.717) is 5.82 Å². The van der Waals surface area contributed by atoms with Crippen molar-refractivity contribution in [2.75, 3.05) is 11.1 Å². The van der Waals surface area contributed by atoms with Gasteiger partial charge in [-0.25, -0.2) is 4.98 Å². The van der Waals surface area contributed by atoms with Crippen molar-refractivity contribution in [2.24, 2.45) is 0 Å². The van der Waals surface area contributed by atoms with Crippen molar-refractivity contribution in [1.29, 1.82) is 0 Å². The molecule has 3 rings (SSSR count). The van der Waals surface area contributed by atoms with E-state index >= 15 is 0 Å². The van der Waals surface area contributed by atoms with Gasteiger partial charge in [-0.2, -0.15) is 15.7 Å². The summed E-state index contributed by atoms with van der Waals surface area (Å²) < 4.78 is 4.23. The third-order valence-corrected chi connectivity index (χ3v) is 4.95. The topological polar surface area (TPSA) is 63.8 Å². The van der Waals surface area contributed by atoms with E-state index in [0.717, 1.165) is 27.8 Å². The highest BCUT2D eigenvalue weighted by molar-refractivity contribution is 7.11. The lowest BCUT2D eigenvalue weighted by molar-refractivity contribution is 1.18. The third kappa shape index (κ3) is 2.63. The van der Waals surface area contributed by atoms with Gasteiger partial charge in [0.1, 0.15) is 10.8 Å². The molecule has 0 aliphatic heterocycles. The number of hydrogen-bond acceptors (Lipinski definition) is 7. The number of nitrogens with one attached hydrogen (secondary N) is 1. The highest BCUT2D eigenvalue weighted by Gasteiger charge is 2.15. The molecule has 0 unspecified atom stereocenters. The lowest BCUT2D eigenvalue weighted by Gasteiger charge is -2.04. The van der Waals surface area contributed by atoms with Gasteiger partial charge in [0.15, 0.2) is 0 Å². The lowest BCUT2D eigenvalue weighted by atomic mass is 10.2. The predicted octanol–water partition coefficient (Wildman–Crippen LogP) is 3.83. The molecule has 19 heavy (non-hydrogen) atoms. The molecule has 3 aromatic heterocycles. The lowest BCUT2D eigenvalue weighted by Crippen LogP contribution is -1.98. The summed E-state index contributed by atoms with van der Waals surface area (Å²) in [5.74, 6) is 0.545. The first kappa shape index (κ1) is 12.6. The molecule has 0 fully saturated rings. The Hall–Kier alpha value is -1.44. The van der Waals surface area contributed by atoms with Crippen LogP contribution in [0.4, 0.5) is 10.8 Å². The Morgan fingerprint density at radius 1 is 1.37 bits per heavy atom. The molecule has 0 saturated carbocycles. The van der Waals surface area contributed by atoms with Crippen LogP contribution in [0.1, 0.15) is 10.6 Å². The minimum atomic E-state index is 0.545. The van der Waals surface area contributed by atoms with Gasteiger partial charge >= 0.3 is 0 Å². The number of hydrogen-bond donors (Lipinski definition) is 2. The summed E-state index contributed by atoms with van der Waals surface area (Å²) in [5.41, 5.74) is 9.04. The highest BCUT2D eigenvalue weighted by atomic mass is 32.1. The van der Waals surface area contributed by atoms with Gasteiger partial charge in [0.05, 0.1) is 16.3 Å². The van der Waals surface area contributed by atoms with Gasteiger partial charge in [-0.3, -0.25) is 0 Å². The number of anilines is 2. The molecule has 0 bridgehead atoms. The number of nitrogens with two attached hydrogens (primary N) is 1. The van der Waals surface area contributed by atoms with Crippen LogP contribution in [0.25, 0.3) is 11.3 Å². The molecule has 0 aliphatic carbocycles. The molecule has 0 radical (unpaired) electrons. The fraction of sp³-hybridized carbons (Fsp3) is 0.167. The van der Waals surface area contributed by atoms with Crippen LogP contribution in [-0.4, -0.2) is 9.36 Å². The minimum absolute atomic E-state index is 0.545. The molecule has 7 heteroatoms. The molecule has 98 valence electrons. The maximum Gasteiger partial charge on any atom is 0.148 e. The second-order valence-electron chi connectivity index (χ2n) is 4.01. The van der Waals surface area contributed by atoms with Gasteiger partial charge in [-0.15, -0.1) is 11.3 Å². The van der Waals surface area contributed by atoms with Crippen molar-refractivity contribution in [2.45, 2.75) is 13.5 Å². The van der Waals surface area contributed by atoms with E-state index in [1.165, 1.54) is 17.1 Å². The number of nitrogen functional groups attached to an aromatic ring is 1. The fourth-order valence-electron chi connectivity index (χ4n) is 1.72. The van der Waals surface area contributed by atoms with Crippen LogP contribution in [0.15, 0.2) is 22.2 Å². The molecule has 0 saturated heterocycles. The minimum Gasteiger partial charge on any atom is -0.382 e. The second-order valence-corrected chi connectivity index (χ2v) is 6.62. The maximum absolute atomic E-state index is 5.96. The molecule has 3 N–H and O–H groups in total. The largest absolute Gasteiger partial charge is 0.382 e. The second kappa shape index (κ2) is 5.28. The first-order valence-electron chi connectivity index (χ1n) is 5.66. The van der Waals surface area contributed by atoms with Gasteiger partial charge in [0, 0.05) is 11.9 Å². The Morgan fingerprint density at radius 3 is 2.95 bits per heavy atom. The Kier molecular flexibility index (Phi) is 3.50. The molecule has 0 spiro atoms. The number of aromatic nitrogens is 2. The first-order chi connectivity index (χ1) is 9.24. The van der Waals surface area contributed by atoms with Crippen molar-refractivity contribution >= 4 is 45.0 Å². The van der Waals surface area contributed by atoms with E-state index in [1.807, 2.05) is 12.3 Å². The van der Waals surface area contributed by atoms with E-state index in [1.54, 1.807) is 22.7 Å². The molecule has 3 heterocycles. The third-order valence-electron chi connectivity index (χ3n) is 2.63. The monoisotopic (exact) mass is 308 g/mol. The summed E-state index contributed by atoms with van der Waals surface area (Å²) in [6, 6.07) is 2.11. The Bertz CT molecular complexity index is 669. The summed E-state index contributed by atoms with van der Waals surface area (Å²) in [5, 5.41) is 11.6. The Balaban J connectivity index is 1.86. The Morgan fingerprint density at radius 2 is 2.26 bits per heavy atom. The maximum atomic E-state index is 5.96. The molecular weight excluding hydrogens is 296 g/mol. The zero-order valence-corrected chi connectivity index (χ0v) is 12.7. The average Bonchev–Trinajstić information content (AvgIpc) is 3.08. The normalized spacial score (nSPS) is 10.8. The average molecular weight is 308 g/mol. The molecule has 0 amide bonds. The molecule has 3 aromatic rings. The van der Waals surface area contributed by atoms with Crippen LogP contribution in [0.5, 0.6) is 0 Å². The van der Waals surface area contributed by atoms with Crippen molar-refractivity contribution in [3.05, 3.63) is 32.8 Å². The van der Waals surface area contributed by atoms with Gasteiger partial charge in [0.2, 0.25) is 0 Å². The van der Waals surface area contributed by atoms with Gasteiger partial charge in [-0.05, 0) is 40.8 Å². The summed E-state index contributed by atoms with van der Waals surface area (Å²) >= 11 is 4.70. The molecule has 4 nitrogen and oxygen atoms in total. The van der Waals surface area contributed by atoms with Crippen molar-refractivity contribution in [1.82, 2.24) is 9.36 Å².